The summed E-state index contributed by atoms with van der Waals surface area (Å²) < 4.78 is 1.62. The maximum atomic E-state index is 11.5. The van der Waals surface area contributed by atoms with Gasteiger partial charge in [0.25, 0.3) is 5.69 Å². The van der Waals surface area contributed by atoms with Crippen molar-refractivity contribution in [2.45, 2.75) is 26.7 Å². The topological polar surface area (TPSA) is 78.0 Å². The van der Waals surface area contributed by atoms with E-state index in [0.29, 0.717) is 11.6 Å². The smallest absolute Gasteiger partial charge is 0.280 e. The highest BCUT2D eigenvalue weighted by atomic mass is 16.6. The summed E-state index contributed by atoms with van der Waals surface area (Å²) in [6, 6.07) is 6.31. The van der Waals surface area contributed by atoms with Crippen molar-refractivity contribution < 1.29 is 9.72 Å². The van der Waals surface area contributed by atoms with E-state index in [2.05, 4.69) is 5.10 Å². The van der Waals surface area contributed by atoms with Gasteiger partial charge in [0.2, 0.25) is 0 Å². The lowest BCUT2D eigenvalue weighted by Crippen LogP contribution is -2.04. The molecule has 0 N–H and O–H groups in total. The van der Waals surface area contributed by atoms with Crippen LogP contribution in [0.25, 0.3) is 5.69 Å². The van der Waals surface area contributed by atoms with Crippen LogP contribution in [0, 0.1) is 10.1 Å². The van der Waals surface area contributed by atoms with Crippen LogP contribution in [0.4, 0.5) is 5.69 Å². The summed E-state index contributed by atoms with van der Waals surface area (Å²) >= 11 is 0. The first-order valence-corrected chi connectivity index (χ1v) is 6.25. The number of hydrogen-bond donors (Lipinski definition) is 0. The highest BCUT2D eigenvalue weighted by molar-refractivity contribution is 5.98. The number of aromatic nitrogens is 2. The van der Waals surface area contributed by atoms with Crippen molar-refractivity contribution >= 4 is 11.5 Å². The number of nitro groups is 1. The number of hydrogen-bond acceptors (Lipinski definition) is 4. The summed E-state index contributed by atoms with van der Waals surface area (Å²) in [5.74, 6) is -0.0450. The van der Waals surface area contributed by atoms with Crippen LogP contribution in [0.5, 0.6) is 0 Å². The van der Waals surface area contributed by atoms with E-state index in [0.717, 1.165) is 5.69 Å². The van der Waals surface area contributed by atoms with Gasteiger partial charge in [0.05, 0.1) is 21.9 Å². The summed E-state index contributed by atoms with van der Waals surface area (Å²) in [5, 5.41) is 15.3. The first kappa shape index (κ1) is 13.9. The van der Waals surface area contributed by atoms with E-state index < -0.39 is 4.92 Å². The van der Waals surface area contributed by atoms with Crippen LogP contribution in [0.2, 0.25) is 0 Å². The molecule has 2 aromatic rings. The Labute approximate surface area is 116 Å². The van der Waals surface area contributed by atoms with E-state index >= 15 is 0 Å². The average molecular weight is 273 g/mol. The van der Waals surface area contributed by atoms with Crippen molar-refractivity contribution in [3.05, 3.63) is 51.8 Å². The van der Waals surface area contributed by atoms with Gasteiger partial charge in [-0.2, -0.15) is 5.10 Å². The molecule has 0 bridgehead atoms. The van der Waals surface area contributed by atoms with Crippen molar-refractivity contribution in [2.75, 3.05) is 0 Å². The molecule has 0 saturated carbocycles. The number of rotatable bonds is 4. The number of ketones is 1. The molecule has 0 aliphatic carbocycles. The van der Waals surface area contributed by atoms with Gasteiger partial charge < -0.3 is 0 Å². The number of nitro benzene ring substituents is 1. The first-order valence-electron chi connectivity index (χ1n) is 6.25. The van der Waals surface area contributed by atoms with Crippen molar-refractivity contribution in [1.29, 1.82) is 0 Å². The molecule has 20 heavy (non-hydrogen) atoms. The molecule has 0 radical (unpaired) electrons. The zero-order valence-electron chi connectivity index (χ0n) is 11.5. The van der Waals surface area contributed by atoms with E-state index in [1.807, 2.05) is 19.9 Å². The van der Waals surface area contributed by atoms with Crippen LogP contribution in [0.15, 0.2) is 30.5 Å². The lowest BCUT2D eigenvalue weighted by molar-refractivity contribution is -0.385. The first-order chi connectivity index (χ1) is 9.40. The summed E-state index contributed by atoms with van der Waals surface area (Å²) in [6.07, 6.45) is 1.78. The van der Waals surface area contributed by atoms with Crippen LogP contribution >= 0.6 is 0 Å². The third-order valence-electron chi connectivity index (χ3n) is 3.02. The Bertz CT molecular complexity index is 674. The standard InChI is InChI=1S/C14H15N3O3/c1-9(2)13-6-7-16(15-13)11-4-5-14(17(19)20)12(8-11)10(3)18/h4-9H,1-3H3. The van der Waals surface area contributed by atoms with E-state index in [4.69, 9.17) is 0 Å². The third-order valence-corrected chi connectivity index (χ3v) is 3.02. The van der Waals surface area contributed by atoms with Gasteiger partial charge in [0, 0.05) is 12.3 Å². The Morgan fingerprint density at radius 2 is 2.05 bits per heavy atom. The second-order valence-corrected chi connectivity index (χ2v) is 4.85. The molecule has 104 valence electrons. The molecule has 1 aromatic carbocycles. The molecule has 0 spiro atoms. The third kappa shape index (κ3) is 2.59. The van der Waals surface area contributed by atoms with Crippen molar-refractivity contribution in [3.8, 4) is 5.69 Å². The molecule has 0 saturated heterocycles. The molecule has 0 aliphatic rings. The van der Waals surface area contributed by atoms with Gasteiger partial charge >= 0.3 is 0 Å². The quantitative estimate of drug-likeness (QED) is 0.487. The van der Waals surface area contributed by atoms with Gasteiger partial charge in [0.15, 0.2) is 5.78 Å². The maximum absolute atomic E-state index is 11.5. The summed E-state index contributed by atoms with van der Waals surface area (Å²) in [4.78, 5) is 21.9. The molecular formula is C14H15N3O3. The Hall–Kier alpha value is -2.50. The molecule has 6 nitrogen and oxygen atoms in total. The van der Waals surface area contributed by atoms with E-state index in [-0.39, 0.29) is 17.0 Å². The fraction of sp³-hybridized carbons (Fsp3) is 0.286. The minimum atomic E-state index is -0.552. The van der Waals surface area contributed by atoms with Crippen LogP contribution in [-0.4, -0.2) is 20.5 Å². The number of carbonyl (C=O) groups is 1. The number of carbonyl (C=O) groups excluding carboxylic acids is 1. The van der Waals surface area contributed by atoms with Gasteiger partial charge in [-0.3, -0.25) is 14.9 Å². The predicted octanol–water partition coefficient (Wildman–Crippen LogP) is 3.11. The lowest BCUT2D eigenvalue weighted by atomic mass is 10.1. The van der Waals surface area contributed by atoms with Crippen LogP contribution < -0.4 is 0 Å². The summed E-state index contributed by atoms with van der Waals surface area (Å²) in [6.45, 7) is 5.38. The second kappa shape index (κ2) is 5.24. The van der Waals surface area contributed by atoms with Crippen LogP contribution in [0.3, 0.4) is 0 Å². The number of Topliss-reactive ketones (excluding diaryl/α,β-unsaturated/α-hetero) is 1. The molecule has 0 atom stereocenters. The molecule has 1 aromatic heterocycles. The monoisotopic (exact) mass is 273 g/mol. The highest BCUT2D eigenvalue weighted by Crippen LogP contribution is 2.23. The Morgan fingerprint density at radius 3 is 2.55 bits per heavy atom. The fourth-order valence-electron chi connectivity index (χ4n) is 1.90. The minimum absolute atomic E-state index is 0.0918. The van der Waals surface area contributed by atoms with Gasteiger partial charge in [0.1, 0.15) is 0 Å². The molecule has 1 heterocycles. The van der Waals surface area contributed by atoms with E-state index in [9.17, 15) is 14.9 Å². The SMILES string of the molecule is CC(=O)c1cc(-n2ccc(C(C)C)n2)ccc1[N+](=O)[O-]. The fourth-order valence-corrected chi connectivity index (χ4v) is 1.90. The molecule has 0 aliphatic heterocycles. The zero-order chi connectivity index (χ0) is 14.9. The van der Waals surface area contributed by atoms with Gasteiger partial charge in [-0.05, 0) is 31.0 Å². The van der Waals surface area contributed by atoms with Crippen molar-refractivity contribution in [3.63, 3.8) is 0 Å². The minimum Gasteiger partial charge on any atom is -0.294 e. The Morgan fingerprint density at radius 1 is 1.35 bits per heavy atom. The van der Waals surface area contributed by atoms with Crippen molar-refractivity contribution in [2.24, 2.45) is 0 Å². The molecule has 2 rings (SSSR count). The lowest BCUT2D eigenvalue weighted by Gasteiger charge is -2.05. The average Bonchev–Trinajstić information content (AvgIpc) is 2.87. The molecule has 0 amide bonds. The number of benzene rings is 1. The van der Waals surface area contributed by atoms with Gasteiger partial charge in [-0.25, -0.2) is 4.68 Å². The molecular weight excluding hydrogens is 258 g/mol. The van der Waals surface area contributed by atoms with E-state index in [1.54, 1.807) is 16.9 Å². The Balaban J connectivity index is 2.50. The summed E-state index contributed by atoms with van der Waals surface area (Å²) in [7, 11) is 0. The van der Waals surface area contributed by atoms with E-state index in [1.165, 1.54) is 19.1 Å². The highest BCUT2D eigenvalue weighted by Gasteiger charge is 2.18. The molecule has 0 unspecified atom stereocenters. The normalized spacial score (nSPS) is 10.8. The van der Waals surface area contributed by atoms with Gasteiger partial charge in [-0.1, -0.05) is 13.8 Å². The zero-order valence-corrected chi connectivity index (χ0v) is 11.5. The van der Waals surface area contributed by atoms with Gasteiger partial charge in [-0.15, -0.1) is 0 Å². The number of nitrogens with zero attached hydrogens (tertiary/aromatic N) is 3. The summed E-state index contributed by atoms with van der Waals surface area (Å²) in [5.41, 5.74) is 1.46. The predicted molar refractivity (Wildman–Crippen MR) is 74.3 cm³/mol. The van der Waals surface area contributed by atoms with Crippen molar-refractivity contribution in [1.82, 2.24) is 9.78 Å². The van der Waals surface area contributed by atoms with Crippen LogP contribution in [-0.2, 0) is 0 Å². The largest absolute Gasteiger partial charge is 0.294 e. The maximum Gasteiger partial charge on any atom is 0.280 e. The Kier molecular flexibility index (Phi) is 3.65. The second-order valence-electron chi connectivity index (χ2n) is 4.85. The molecule has 0 fully saturated rings. The van der Waals surface area contributed by atoms with Crippen LogP contribution in [0.1, 0.15) is 42.7 Å². The molecule has 6 heteroatoms.